The molecule has 30 heavy (non-hydrogen) atoms. The van der Waals surface area contributed by atoms with Crippen molar-refractivity contribution in [2.75, 3.05) is 33.0 Å². The molecular weight excluding hydrogens is 449 g/mol. The van der Waals surface area contributed by atoms with Crippen LogP contribution in [0, 0.1) is 0 Å². The summed E-state index contributed by atoms with van der Waals surface area (Å²) in [4.78, 5) is 28.6. The van der Waals surface area contributed by atoms with Crippen molar-refractivity contribution in [3.8, 4) is 11.5 Å². The molecule has 2 aromatic rings. The van der Waals surface area contributed by atoms with E-state index in [9.17, 15) is 9.59 Å². The van der Waals surface area contributed by atoms with Gasteiger partial charge in [-0.1, -0.05) is 47.5 Å². The average molecular weight is 466 g/mol. The number of allylic oxidation sites excluding steroid dienone is 2. The molecule has 0 spiro atoms. The van der Waals surface area contributed by atoms with E-state index in [1.54, 1.807) is 22.0 Å². The Balaban J connectivity index is 1.28. The minimum absolute atomic E-state index is 0.101. The maximum atomic E-state index is 12.5. The summed E-state index contributed by atoms with van der Waals surface area (Å²) in [6, 6.07) is 5.65. The molecule has 10 heteroatoms. The standard InChI is InChI=1S/C20H17Cl2N3O4S/c21-17-18(30-23-19(17)22)20(27)25-9-7-24(8-10-25)16(26)4-2-1-3-13-5-6-14-15(11-13)29-12-28-14/h1-6,11H,7-10,12H2/b3-1+,4-2+. The first-order valence-corrected chi connectivity index (χ1v) is 10.7. The summed E-state index contributed by atoms with van der Waals surface area (Å²) in [5.41, 5.74) is 0.949. The van der Waals surface area contributed by atoms with E-state index in [0.717, 1.165) is 22.8 Å². The van der Waals surface area contributed by atoms with Crippen molar-refractivity contribution in [2.45, 2.75) is 0 Å². The SMILES string of the molecule is O=C(/C=C/C=C/c1ccc2c(c1)OCO2)N1CCN(C(=O)c2snc(Cl)c2Cl)CC1. The van der Waals surface area contributed by atoms with E-state index in [-0.39, 0.29) is 28.8 Å². The molecule has 2 aliphatic rings. The summed E-state index contributed by atoms with van der Waals surface area (Å²) in [5.74, 6) is 1.14. The predicted octanol–water partition coefficient (Wildman–Crippen LogP) is 3.73. The first-order chi connectivity index (χ1) is 14.5. The molecule has 0 unspecified atom stereocenters. The lowest BCUT2D eigenvalue weighted by atomic mass is 10.2. The van der Waals surface area contributed by atoms with Crippen molar-refractivity contribution in [1.29, 1.82) is 0 Å². The number of rotatable bonds is 4. The number of piperazine rings is 1. The van der Waals surface area contributed by atoms with Gasteiger partial charge in [-0.15, -0.1) is 0 Å². The number of aromatic nitrogens is 1. The van der Waals surface area contributed by atoms with Gasteiger partial charge < -0.3 is 19.3 Å². The molecule has 1 saturated heterocycles. The molecule has 0 radical (unpaired) electrons. The molecule has 0 bridgehead atoms. The second kappa shape index (κ2) is 9.07. The molecule has 0 atom stereocenters. The van der Waals surface area contributed by atoms with Gasteiger partial charge in [-0.25, -0.2) is 0 Å². The topological polar surface area (TPSA) is 72.0 Å². The fraction of sp³-hybridized carbons (Fsp3) is 0.250. The first kappa shape index (κ1) is 20.7. The van der Waals surface area contributed by atoms with Crippen molar-refractivity contribution in [2.24, 2.45) is 0 Å². The van der Waals surface area contributed by atoms with Crippen LogP contribution in [0.5, 0.6) is 11.5 Å². The third-order valence-electron chi connectivity index (χ3n) is 4.71. The van der Waals surface area contributed by atoms with Crippen LogP contribution < -0.4 is 9.47 Å². The Bertz CT molecular complexity index is 1030. The molecule has 1 fully saturated rings. The Labute approximate surface area is 187 Å². The molecule has 2 aliphatic heterocycles. The zero-order chi connectivity index (χ0) is 21.1. The van der Waals surface area contributed by atoms with E-state index in [1.165, 1.54) is 6.08 Å². The monoisotopic (exact) mass is 465 g/mol. The van der Waals surface area contributed by atoms with Crippen LogP contribution in [-0.2, 0) is 4.79 Å². The molecule has 0 N–H and O–H groups in total. The van der Waals surface area contributed by atoms with Crippen LogP contribution in [0.3, 0.4) is 0 Å². The van der Waals surface area contributed by atoms with E-state index < -0.39 is 0 Å². The third-order valence-corrected chi connectivity index (χ3v) is 6.49. The highest BCUT2D eigenvalue weighted by molar-refractivity contribution is 7.09. The number of amides is 2. The summed E-state index contributed by atoms with van der Waals surface area (Å²) in [6.07, 6.45) is 6.89. The Morgan fingerprint density at radius 1 is 1.03 bits per heavy atom. The van der Waals surface area contributed by atoms with Gasteiger partial charge in [-0.2, -0.15) is 4.37 Å². The number of fused-ring (bicyclic) bond motifs is 1. The van der Waals surface area contributed by atoms with Gasteiger partial charge >= 0.3 is 0 Å². The van der Waals surface area contributed by atoms with Gasteiger partial charge in [0.15, 0.2) is 16.7 Å². The number of nitrogens with zero attached hydrogens (tertiary/aromatic N) is 3. The predicted molar refractivity (Wildman–Crippen MR) is 115 cm³/mol. The smallest absolute Gasteiger partial charge is 0.267 e. The second-order valence-electron chi connectivity index (χ2n) is 6.56. The zero-order valence-corrected chi connectivity index (χ0v) is 18.0. The minimum Gasteiger partial charge on any atom is -0.454 e. The van der Waals surface area contributed by atoms with Crippen LogP contribution in [0.25, 0.3) is 6.08 Å². The number of halogens is 2. The molecule has 0 aliphatic carbocycles. The zero-order valence-electron chi connectivity index (χ0n) is 15.7. The Hall–Kier alpha value is -2.55. The largest absolute Gasteiger partial charge is 0.454 e. The van der Waals surface area contributed by atoms with Crippen molar-refractivity contribution < 1.29 is 19.1 Å². The number of carbonyl (C=O) groups is 2. The summed E-state index contributed by atoms with van der Waals surface area (Å²) >= 11 is 12.8. The Kier molecular flexibility index (Phi) is 6.26. The third kappa shape index (κ3) is 4.45. The van der Waals surface area contributed by atoms with E-state index in [2.05, 4.69) is 4.37 Å². The molecule has 4 rings (SSSR count). The minimum atomic E-state index is -0.210. The Morgan fingerprint density at radius 3 is 2.50 bits per heavy atom. The molecule has 156 valence electrons. The molecular formula is C20H17Cl2N3O4S. The van der Waals surface area contributed by atoms with Gasteiger partial charge in [0.05, 0.1) is 0 Å². The summed E-state index contributed by atoms with van der Waals surface area (Å²) in [6.45, 7) is 1.99. The van der Waals surface area contributed by atoms with Crippen molar-refractivity contribution in [3.05, 3.63) is 57.0 Å². The van der Waals surface area contributed by atoms with E-state index in [0.29, 0.717) is 36.8 Å². The van der Waals surface area contributed by atoms with E-state index in [1.807, 2.05) is 24.3 Å². The van der Waals surface area contributed by atoms with Crippen LogP contribution in [-0.4, -0.2) is 59.0 Å². The van der Waals surface area contributed by atoms with Gasteiger partial charge in [0.1, 0.15) is 9.90 Å². The maximum Gasteiger partial charge on any atom is 0.267 e. The molecule has 1 aromatic heterocycles. The van der Waals surface area contributed by atoms with Crippen molar-refractivity contribution >= 4 is 52.6 Å². The lowest BCUT2D eigenvalue weighted by molar-refractivity contribution is -0.127. The highest BCUT2D eigenvalue weighted by atomic mass is 35.5. The lowest BCUT2D eigenvalue weighted by Crippen LogP contribution is -2.50. The average Bonchev–Trinajstić information content (AvgIpc) is 3.37. The summed E-state index contributed by atoms with van der Waals surface area (Å²) < 4.78 is 14.5. The Morgan fingerprint density at radius 2 is 1.77 bits per heavy atom. The first-order valence-electron chi connectivity index (χ1n) is 9.16. The second-order valence-corrected chi connectivity index (χ2v) is 8.07. The highest BCUT2D eigenvalue weighted by Gasteiger charge is 2.27. The van der Waals surface area contributed by atoms with Crippen LogP contribution in [0.4, 0.5) is 0 Å². The van der Waals surface area contributed by atoms with E-state index in [4.69, 9.17) is 32.7 Å². The van der Waals surface area contributed by atoms with E-state index >= 15 is 0 Å². The molecule has 0 saturated carbocycles. The van der Waals surface area contributed by atoms with Crippen LogP contribution in [0.2, 0.25) is 10.2 Å². The number of benzene rings is 1. The van der Waals surface area contributed by atoms with Gasteiger partial charge in [0, 0.05) is 32.3 Å². The van der Waals surface area contributed by atoms with Crippen molar-refractivity contribution in [3.63, 3.8) is 0 Å². The van der Waals surface area contributed by atoms with Gasteiger partial charge in [0.2, 0.25) is 12.7 Å². The van der Waals surface area contributed by atoms with Gasteiger partial charge in [0.25, 0.3) is 5.91 Å². The maximum absolute atomic E-state index is 12.5. The molecule has 3 heterocycles. The summed E-state index contributed by atoms with van der Waals surface area (Å²) in [7, 11) is 0. The fourth-order valence-electron chi connectivity index (χ4n) is 3.09. The number of hydrogen-bond acceptors (Lipinski definition) is 6. The number of hydrogen-bond donors (Lipinski definition) is 0. The molecule has 7 nitrogen and oxygen atoms in total. The summed E-state index contributed by atoms with van der Waals surface area (Å²) in [5, 5.41) is 0.320. The van der Waals surface area contributed by atoms with Crippen molar-refractivity contribution in [1.82, 2.24) is 14.2 Å². The van der Waals surface area contributed by atoms with Gasteiger partial charge in [-0.05, 0) is 29.2 Å². The quantitative estimate of drug-likeness (QED) is 0.507. The lowest BCUT2D eigenvalue weighted by Gasteiger charge is -2.34. The number of ether oxygens (including phenoxy) is 2. The fourth-order valence-corrected chi connectivity index (χ4v) is 4.27. The van der Waals surface area contributed by atoms with Gasteiger partial charge in [-0.3, -0.25) is 9.59 Å². The van der Waals surface area contributed by atoms with Crippen LogP contribution >= 0.6 is 34.7 Å². The highest BCUT2D eigenvalue weighted by Crippen LogP contribution is 2.33. The number of carbonyl (C=O) groups excluding carboxylic acids is 2. The normalized spacial score (nSPS) is 16.1. The molecule has 1 aromatic carbocycles. The van der Waals surface area contributed by atoms with Crippen LogP contribution in [0.1, 0.15) is 15.2 Å². The van der Waals surface area contributed by atoms with Crippen LogP contribution in [0.15, 0.2) is 36.4 Å². The molecule has 2 amide bonds.